The molecule has 0 aromatic heterocycles. The quantitative estimate of drug-likeness (QED) is 0.850. The van der Waals surface area contributed by atoms with E-state index in [4.69, 9.17) is 21.1 Å². The number of hydrogen-bond donors (Lipinski definition) is 1. The average molecular weight is 310 g/mol. The second-order valence-corrected chi connectivity index (χ2v) is 5.53. The summed E-state index contributed by atoms with van der Waals surface area (Å²) in [6.07, 6.45) is 4.21. The number of amides is 1. The summed E-state index contributed by atoms with van der Waals surface area (Å²) in [4.78, 5) is 13.8. The van der Waals surface area contributed by atoms with Gasteiger partial charge in [0.1, 0.15) is 0 Å². The summed E-state index contributed by atoms with van der Waals surface area (Å²) in [6, 6.07) is 3.52. The van der Waals surface area contributed by atoms with Crippen molar-refractivity contribution in [3.8, 4) is 11.5 Å². The second-order valence-electron chi connectivity index (χ2n) is 5.13. The number of aliphatic hydroxyl groups is 1. The lowest BCUT2D eigenvalue weighted by molar-refractivity contribution is -0.127. The lowest BCUT2D eigenvalue weighted by Gasteiger charge is -2.28. The van der Waals surface area contributed by atoms with Crippen molar-refractivity contribution in [3.63, 3.8) is 0 Å². The number of halogens is 1. The molecule has 0 unspecified atom stereocenters. The van der Waals surface area contributed by atoms with E-state index in [1.54, 1.807) is 23.1 Å². The predicted molar refractivity (Wildman–Crippen MR) is 78.4 cm³/mol. The Bertz CT molecular complexity index is 579. The molecule has 1 aromatic carbocycles. The van der Waals surface area contributed by atoms with Crippen LogP contribution in [0.15, 0.2) is 18.2 Å². The van der Waals surface area contributed by atoms with Gasteiger partial charge in [-0.05, 0) is 36.6 Å². The fraction of sp³-hybridized carbons (Fsp3) is 0.400. The molecule has 21 heavy (non-hydrogen) atoms. The van der Waals surface area contributed by atoms with Gasteiger partial charge in [0, 0.05) is 19.2 Å². The van der Waals surface area contributed by atoms with Crippen LogP contribution in [0.3, 0.4) is 0 Å². The van der Waals surface area contributed by atoms with Crippen LogP contribution in [-0.2, 0) is 4.79 Å². The molecule has 1 N–H and O–H groups in total. The van der Waals surface area contributed by atoms with E-state index in [0.717, 1.165) is 5.56 Å². The summed E-state index contributed by atoms with van der Waals surface area (Å²) < 4.78 is 10.5. The molecule has 0 saturated carbocycles. The van der Waals surface area contributed by atoms with Gasteiger partial charge < -0.3 is 19.5 Å². The number of hydrogen-bond acceptors (Lipinski definition) is 4. The highest BCUT2D eigenvalue weighted by Crippen LogP contribution is 2.40. The van der Waals surface area contributed by atoms with Gasteiger partial charge >= 0.3 is 0 Å². The summed E-state index contributed by atoms with van der Waals surface area (Å²) in [5, 5.41) is 9.91. The topological polar surface area (TPSA) is 59.0 Å². The first-order valence-corrected chi connectivity index (χ1v) is 7.25. The smallest absolute Gasteiger partial charge is 0.246 e. The predicted octanol–water partition coefficient (Wildman–Crippen LogP) is 2.07. The highest BCUT2D eigenvalue weighted by atomic mass is 35.5. The maximum absolute atomic E-state index is 12.1. The number of rotatable bonds is 2. The average Bonchev–Trinajstić information content (AvgIpc) is 2.94. The minimum atomic E-state index is -0.286. The monoisotopic (exact) mass is 309 g/mol. The molecular weight excluding hydrogens is 294 g/mol. The van der Waals surface area contributed by atoms with Gasteiger partial charge in [-0.1, -0.05) is 11.6 Å². The number of benzene rings is 1. The van der Waals surface area contributed by atoms with E-state index in [-0.39, 0.29) is 18.8 Å². The van der Waals surface area contributed by atoms with Crippen molar-refractivity contribution in [2.75, 3.05) is 19.9 Å². The number of carbonyl (C=O) groups is 1. The van der Waals surface area contributed by atoms with Crippen LogP contribution in [-0.4, -0.2) is 41.9 Å². The first-order chi connectivity index (χ1) is 10.1. The number of aliphatic hydroxyl groups excluding tert-OH is 1. The molecule has 112 valence electrons. The SMILES string of the molecule is O=C(/C=C/c1cc(Cl)c2c(c1)OCO2)N1CCC(O)CC1. The van der Waals surface area contributed by atoms with E-state index in [2.05, 4.69) is 0 Å². The Morgan fingerprint density at radius 1 is 1.33 bits per heavy atom. The van der Waals surface area contributed by atoms with Gasteiger partial charge in [0.15, 0.2) is 11.5 Å². The standard InChI is InChI=1S/C15H16ClNO4/c16-12-7-10(8-13-15(12)21-9-20-13)1-2-14(19)17-5-3-11(18)4-6-17/h1-2,7-8,11,18H,3-6,9H2/b2-1+. The molecule has 1 amide bonds. The Labute approximate surface area is 127 Å². The Morgan fingerprint density at radius 3 is 2.86 bits per heavy atom. The highest BCUT2D eigenvalue weighted by molar-refractivity contribution is 6.32. The summed E-state index contributed by atoms with van der Waals surface area (Å²) in [6.45, 7) is 1.34. The summed E-state index contributed by atoms with van der Waals surface area (Å²) >= 11 is 6.09. The summed E-state index contributed by atoms with van der Waals surface area (Å²) in [5.74, 6) is 1.08. The van der Waals surface area contributed by atoms with Crippen molar-refractivity contribution in [1.29, 1.82) is 0 Å². The molecule has 2 heterocycles. The molecule has 0 aliphatic carbocycles. The normalized spacial score (nSPS) is 18.5. The van der Waals surface area contributed by atoms with Gasteiger partial charge in [-0.3, -0.25) is 4.79 Å². The molecular formula is C15H16ClNO4. The Morgan fingerprint density at radius 2 is 2.10 bits per heavy atom. The maximum atomic E-state index is 12.1. The zero-order chi connectivity index (χ0) is 14.8. The molecule has 0 spiro atoms. The third-order valence-corrected chi connectivity index (χ3v) is 3.92. The lowest BCUT2D eigenvalue weighted by Crippen LogP contribution is -2.39. The molecule has 6 heteroatoms. The van der Waals surface area contributed by atoms with Crippen LogP contribution in [0.5, 0.6) is 11.5 Å². The van der Waals surface area contributed by atoms with E-state index in [9.17, 15) is 9.90 Å². The van der Waals surface area contributed by atoms with Crippen molar-refractivity contribution in [2.24, 2.45) is 0 Å². The molecule has 1 saturated heterocycles. The molecule has 1 fully saturated rings. The van der Waals surface area contributed by atoms with Crippen molar-refractivity contribution in [1.82, 2.24) is 4.90 Å². The zero-order valence-electron chi connectivity index (χ0n) is 11.4. The van der Waals surface area contributed by atoms with Crippen LogP contribution in [0, 0.1) is 0 Å². The van der Waals surface area contributed by atoms with Crippen LogP contribution < -0.4 is 9.47 Å². The molecule has 2 aliphatic heterocycles. The summed E-state index contributed by atoms with van der Waals surface area (Å²) in [5.41, 5.74) is 0.787. The number of piperidine rings is 1. The zero-order valence-corrected chi connectivity index (χ0v) is 12.2. The fourth-order valence-electron chi connectivity index (χ4n) is 2.44. The number of carbonyl (C=O) groups excluding carboxylic acids is 1. The molecule has 1 aromatic rings. The van der Waals surface area contributed by atoms with Crippen LogP contribution in [0.1, 0.15) is 18.4 Å². The second kappa shape index (κ2) is 5.95. The van der Waals surface area contributed by atoms with Crippen molar-refractivity contribution in [3.05, 3.63) is 28.8 Å². The van der Waals surface area contributed by atoms with Gasteiger partial charge in [0.05, 0.1) is 11.1 Å². The van der Waals surface area contributed by atoms with Crippen molar-refractivity contribution in [2.45, 2.75) is 18.9 Å². The Balaban J connectivity index is 1.68. The molecule has 5 nitrogen and oxygen atoms in total. The van der Waals surface area contributed by atoms with Crippen LogP contribution >= 0.6 is 11.6 Å². The van der Waals surface area contributed by atoms with Gasteiger partial charge in [0.25, 0.3) is 0 Å². The van der Waals surface area contributed by atoms with Gasteiger partial charge in [0.2, 0.25) is 12.7 Å². The third-order valence-electron chi connectivity index (χ3n) is 3.64. The lowest BCUT2D eigenvalue weighted by atomic mass is 10.1. The van der Waals surface area contributed by atoms with E-state index in [1.165, 1.54) is 6.08 Å². The van der Waals surface area contributed by atoms with Crippen molar-refractivity contribution >= 4 is 23.6 Å². The van der Waals surface area contributed by atoms with Gasteiger partial charge in [-0.2, -0.15) is 0 Å². The van der Waals surface area contributed by atoms with Crippen molar-refractivity contribution < 1.29 is 19.4 Å². The first kappa shape index (κ1) is 14.2. The van der Waals surface area contributed by atoms with Crippen LogP contribution in [0.25, 0.3) is 6.08 Å². The molecule has 0 bridgehead atoms. The number of fused-ring (bicyclic) bond motifs is 1. The molecule has 0 radical (unpaired) electrons. The first-order valence-electron chi connectivity index (χ1n) is 6.87. The minimum Gasteiger partial charge on any atom is -0.454 e. The fourth-order valence-corrected chi connectivity index (χ4v) is 2.72. The van der Waals surface area contributed by atoms with E-state index < -0.39 is 0 Å². The minimum absolute atomic E-state index is 0.0595. The molecule has 2 aliphatic rings. The number of ether oxygens (including phenoxy) is 2. The van der Waals surface area contributed by atoms with E-state index in [0.29, 0.717) is 42.5 Å². The maximum Gasteiger partial charge on any atom is 0.246 e. The van der Waals surface area contributed by atoms with E-state index in [1.807, 2.05) is 0 Å². The highest BCUT2D eigenvalue weighted by Gasteiger charge is 2.20. The molecule has 0 atom stereocenters. The summed E-state index contributed by atoms with van der Waals surface area (Å²) in [7, 11) is 0. The van der Waals surface area contributed by atoms with Gasteiger partial charge in [-0.25, -0.2) is 0 Å². The Hall–Kier alpha value is -1.72. The Kier molecular flexibility index (Phi) is 4.03. The van der Waals surface area contributed by atoms with Crippen LogP contribution in [0.4, 0.5) is 0 Å². The third kappa shape index (κ3) is 3.14. The molecule has 3 rings (SSSR count). The van der Waals surface area contributed by atoms with E-state index >= 15 is 0 Å². The largest absolute Gasteiger partial charge is 0.454 e. The number of nitrogens with zero attached hydrogens (tertiary/aromatic N) is 1. The van der Waals surface area contributed by atoms with Gasteiger partial charge in [-0.15, -0.1) is 0 Å². The number of likely N-dealkylation sites (tertiary alicyclic amines) is 1. The van der Waals surface area contributed by atoms with Crippen LogP contribution in [0.2, 0.25) is 5.02 Å².